The number of hydrogen-bond donors (Lipinski definition) is 2. The number of aromatic carboxylic acids is 1. The molecule has 0 radical (unpaired) electrons. The summed E-state index contributed by atoms with van der Waals surface area (Å²) in [6, 6.07) is 2.81. The highest BCUT2D eigenvalue weighted by molar-refractivity contribution is 5.89. The van der Waals surface area contributed by atoms with Crippen LogP contribution in [0.3, 0.4) is 0 Å². The second kappa shape index (κ2) is 6.34. The van der Waals surface area contributed by atoms with Gasteiger partial charge in [0.1, 0.15) is 0 Å². The SMILES string of the molecule is CCN1CC(C(=O)NCc2cc(C(=O)O)ccn2)CC1=O. The molecule has 0 saturated carbocycles. The molecule has 0 aromatic carbocycles. The summed E-state index contributed by atoms with van der Waals surface area (Å²) in [4.78, 5) is 40.1. The number of nitrogens with zero attached hydrogens (tertiary/aromatic N) is 2. The molecule has 112 valence electrons. The first-order valence-electron chi connectivity index (χ1n) is 6.75. The molecule has 1 atom stereocenters. The van der Waals surface area contributed by atoms with Gasteiger partial charge in [0.05, 0.1) is 23.7 Å². The molecule has 7 nitrogen and oxygen atoms in total. The molecular formula is C14H17N3O4. The monoisotopic (exact) mass is 291 g/mol. The van der Waals surface area contributed by atoms with Crippen LogP contribution in [0, 0.1) is 5.92 Å². The zero-order chi connectivity index (χ0) is 15.4. The average Bonchev–Trinajstić information content (AvgIpc) is 2.86. The van der Waals surface area contributed by atoms with Crippen molar-refractivity contribution in [1.82, 2.24) is 15.2 Å². The normalized spacial score (nSPS) is 17.9. The van der Waals surface area contributed by atoms with Gasteiger partial charge < -0.3 is 15.3 Å². The Morgan fingerprint density at radius 2 is 2.29 bits per heavy atom. The Morgan fingerprint density at radius 1 is 1.52 bits per heavy atom. The van der Waals surface area contributed by atoms with Gasteiger partial charge in [0.25, 0.3) is 0 Å². The van der Waals surface area contributed by atoms with Crippen molar-refractivity contribution in [2.75, 3.05) is 13.1 Å². The second-order valence-electron chi connectivity index (χ2n) is 4.89. The predicted octanol–water partition coefficient (Wildman–Crippen LogP) is 0.264. The maximum absolute atomic E-state index is 12.0. The van der Waals surface area contributed by atoms with Crippen LogP contribution in [0.2, 0.25) is 0 Å². The van der Waals surface area contributed by atoms with E-state index in [1.54, 1.807) is 4.90 Å². The van der Waals surface area contributed by atoms with Crippen molar-refractivity contribution in [2.24, 2.45) is 5.92 Å². The lowest BCUT2D eigenvalue weighted by Crippen LogP contribution is -2.32. The van der Waals surface area contributed by atoms with Crippen LogP contribution in [0.25, 0.3) is 0 Å². The van der Waals surface area contributed by atoms with Crippen LogP contribution in [-0.2, 0) is 16.1 Å². The number of carbonyl (C=O) groups excluding carboxylic acids is 2. The smallest absolute Gasteiger partial charge is 0.335 e. The zero-order valence-electron chi connectivity index (χ0n) is 11.7. The van der Waals surface area contributed by atoms with Gasteiger partial charge in [-0.3, -0.25) is 14.6 Å². The number of carbonyl (C=O) groups is 3. The van der Waals surface area contributed by atoms with Gasteiger partial charge in [-0.25, -0.2) is 4.79 Å². The summed E-state index contributed by atoms with van der Waals surface area (Å²) in [7, 11) is 0. The summed E-state index contributed by atoms with van der Waals surface area (Å²) in [5.74, 6) is -1.60. The lowest BCUT2D eigenvalue weighted by atomic mass is 10.1. The van der Waals surface area contributed by atoms with Gasteiger partial charge in [-0.15, -0.1) is 0 Å². The molecule has 1 aromatic heterocycles. The van der Waals surface area contributed by atoms with Crippen molar-refractivity contribution in [1.29, 1.82) is 0 Å². The number of pyridine rings is 1. The minimum absolute atomic E-state index is 0.0105. The van der Waals surface area contributed by atoms with Crippen LogP contribution in [0.4, 0.5) is 0 Å². The van der Waals surface area contributed by atoms with Gasteiger partial charge in [0.2, 0.25) is 11.8 Å². The van der Waals surface area contributed by atoms with Gasteiger partial charge in [0, 0.05) is 25.7 Å². The van der Waals surface area contributed by atoms with Crippen molar-refractivity contribution in [2.45, 2.75) is 19.9 Å². The molecule has 1 aliphatic rings. The molecule has 2 N–H and O–H groups in total. The summed E-state index contributed by atoms with van der Waals surface area (Å²) in [6.45, 7) is 3.06. The van der Waals surface area contributed by atoms with E-state index in [-0.39, 0.29) is 36.3 Å². The Kier molecular flexibility index (Phi) is 4.52. The fourth-order valence-electron chi connectivity index (χ4n) is 2.28. The standard InChI is InChI=1S/C14H17N3O4/c1-2-17-8-10(6-12(17)18)13(19)16-7-11-5-9(14(20)21)3-4-15-11/h3-5,10H,2,6-8H2,1H3,(H,16,19)(H,20,21). The number of aromatic nitrogens is 1. The van der Waals surface area contributed by atoms with E-state index in [1.165, 1.54) is 18.3 Å². The molecule has 2 heterocycles. The molecule has 1 aliphatic heterocycles. The third-order valence-electron chi connectivity index (χ3n) is 3.47. The molecule has 0 spiro atoms. The quantitative estimate of drug-likeness (QED) is 0.811. The van der Waals surface area contributed by atoms with E-state index < -0.39 is 5.97 Å². The molecule has 0 bridgehead atoms. The first kappa shape index (κ1) is 15.0. The summed E-state index contributed by atoms with van der Waals surface area (Å²) >= 11 is 0. The van der Waals surface area contributed by atoms with Gasteiger partial charge >= 0.3 is 5.97 Å². The van der Waals surface area contributed by atoms with E-state index in [1.807, 2.05) is 6.92 Å². The molecule has 1 fully saturated rings. The molecule has 2 amide bonds. The minimum Gasteiger partial charge on any atom is -0.478 e. The first-order valence-corrected chi connectivity index (χ1v) is 6.75. The topological polar surface area (TPSA) is 99.6 Å². The molecule has 1 unspecified atom stereocenters. The van der Waals surface area contributed by atoms with Gasteiger partial charge in [0.15, 0.2) is 0 Å². The molecule has 1 aromatic rings. The Morgan fingerprint density at radius 3 is 2.90 bits per heavy atom. The van der Waals surface area contributed by atoms with E-state index in [9.17, 15) is 14.4 Å². The highest BCUT2D eigenvalue weighted by atomic mass is 16.4. The number of nitrogens with one attached hydrogen (secondary N) is 1. The molecular weight excluding hydrogens is 274 g/mol. The lowest BCUT2D eigenvalue weighted by Gasteiger charge is -2.13. The van der Waals surface area contributed by atoms with Gasteiger partial charge in [-0.1, -0.05) is 0 Å². The number of rotatable bonds is 5. The van der Waals surface area contributed by atoms with E-state index in [0.717, 1.165) is 0 Å². The number of carboxylic acids is 1. The largest absolute Gasteiger partial charge is 0.478 e. The molecule has 1 saturated heterocycles. The Labute approximate surface area is 122 Å². The Bertz CT molecular complexity index is 573. The van der Waals surface area contributed by atoms with E-state index in [0.29, 0.717) is 18.8 Å². The van der Waals surface area contributed by atoms with Crippen molar-refractivity contribution >= 4 is 17.8 Å². The van der Waals surface area contributed by atoms with E-state index in [2.05, 4.69) is 10.3 Å². The Hall–Kier alpha value is -2.44. The predicted molar refractivity (Wildman–Crippen MR) is 73.4 cm³/mol. The summed E-state index contributed by atoms with van der Waals surface area (Å²) in [6.07, 6.45) is 1.62. The zero-order valence-corrected chi connectivity index (χ0v) is 11.7. The second-order valence-corrected chi connectivity index (χ2v) is 4.89. The number of carboxylic acid groups (broad SMARTS) is 1. The van der Waals surface area contributed by atoms with Crippen LogP contribution < -0.4 is 5.32 Å². The fourth-order valence-corrected chi connectivity index (χ4v) is 2.28. The summed E-state index contributed by atoms with van der Waals surface area (Å²) in [5.41, 5.74) is 0.599. The molecule has 21 heavy (non-hydrogen) atoms. The van der Waals surface area contributed by atoms with Crippen molar-refractivity contribution in [3.05, 3.63) is 29.6 Å². The van der Waals surface area contributed by atoms with Crippen LogP contribution in [-0.4, -0.2) is 45.9 Å². The average molecular weight is 291 g/mol. The Balaban J connectivity index is 1.91. The van der Waals surface area contributed by atoms with Crippen LogP contribution >= 0.6 is 0 Å². The van der Waals surface area contributed by atoms with Crippen LogP contribution in [0.5, 0.6) is 0 Å². The third kappa shape index (κ3) is 3.56. The van der Waals surface area contributed by atoms with Crippen molar-refractivity contribution in [3.63, 3.8) is 0 Å². The first-order chi connectivity index (χ1) is 10.0. The lowest BCUT2D eigenvalue weighted by molar-refractivity contribution is -0.128. The number of amides is 2. The van der Waals surface area contributed by atoms with Gasteiger partial charge in [-0.05, 0) is 19.1 Å². The highest BCUT2D eigenvalue weighted by Gasteiger charge is 2.33. The molecule has 7 heteroatoms. The maximum atomic E-state index is 12.0. The number of hydrogen-bond acceptors (Lipinski definition) is 4. The maximum Gasteiger partial charge on any atom is 0.335 e. The minimum atomic E-state index is -1.04. The highest BCUT2D eigenvalue weighted by Crippen LogP contribution is 2.17. The number of likely N-dealkylation sites (tertiary alicyclic amines) is 1. The summed E-state index contributed by atoms with van der Waals surface area (Å²) < 4.78 is 0. The summed E-state index contributed by atoms with van der Waals surface area (Å²) in [5, 5.41) is 11.6. The van der Waals surface area contributed by atoms with Crippen molar-refractivity contribution in [3.8, 4) is 0 Å². The van der Waals surface area contributed by atoms with Gasteiger partial charge in [-0.2, -0.15) is 0 Å². The molecule has 0 aliphatic carbocycles. The van der Waals surface area contributed by atoms with Crippen molar-refractivity contribution < 1.29 is 19.5 Å². The van der Waals surface area contributed by atoms with Crippen LogP contribution in [0.1, 0.15) is 29.4 Å². The third-order valence-corrected chi connectivity index (χ3v) is 3.47. The van der Waals surface area contributed by atoms with E-state index in [4.69, 9.17) is 5.11 Å². The molecule has 2 rings (SSSR count). The van der Waals surface area contributed by atoms with Crippen LogP contribution in [0.15, 0.2) is 18.3 Å². The van der Waals surface area contributed by atoms with E-state index >= 15 is 0 Å². The fraction of sp³-hybridized carbons (Fsp3) is 0.429.